The van der Waals surface area contributed by atoms with E-state index in [0.29, 0.717) is 28.2 Å². The molecule has 0 radical (unpaired) electrons. The Morgan fingerprint density at radius 1 is 1.06 bits per heavy atom. The van der Waals surface area contributed by atoms with Crippen molar-refractivity contribution in [2.45, 2.75) is 18.9 Å². The Bertz CT molecular complexity index is 1170. The average Bonchev–Trinajstić information content (AvgIpc) is 3.08. The molecule has 1 saturated heterocycles. The van der Waals surface area contributed by atoms with Crippen LogP contribution in [0.5, 0.6) is 0 Å². The molecular formula is C22H16F4N4O. The molecule has 0 aliphatic carbocycles. The van der Waals surface area contributed by atoms with Crippen molar-refractivity contribution >= 4 is 11.6 Å². The normalized spacial score (nSPS) is 16.6. The fraction of sp³-hybridized carbons (Fsp3) is 0.227. The molecule has 2 aliphatic heterocycles. The Morgan fingerprint density at radius 2 is 1.81 bits per heavy atom. The molecule has 0 bridgehead atoms. The standard InChI is InChI=1S/C22H16F4N4O/c23-15-2-1-3-16(24)20(15)17-7-12(19-18(29-17)9-28-21(19)31)6-13-4-5-14(8-27-13)30-10-22(25,26)11-30/h1-5,7-8H,6,9-11H2,(H,28,31). The molecule has 5 rings (SSSR count). The van der Waals surface area contributed by atoms with Crippen LogP contribution in [0, 0.1) is 11.6 Å². The lowest BCUT2D eigenvalue weighted by atomic mass is 9.98. The Balaban J connectivity index is 1.49. The van der Waals surface area contributed by atoms with Gasteiger partial charge in [-0.2, -0.15) is 0 Å². The van der Waals surface area contributed by atoms with Crippen molar-refractivity contribution in [1.82, 2.24) is 15.3 Å². The molecule has 0 spiro atoms. The molecule has 4 heterocycles. The number of rotatable bonds is 4. The van der Waals surface area contributed by atoms with E-state index in [1.54, 1.807) is 12.1 Å². The third-order valence-electron chi connectivity index (χ3n) is 5.43. The van der Waals surface area contributed by atoms with Crippen molar-refractivity contribution in [3.8, 4) is 11.3 Å². The second-order valence-corrected chi connectivity index (χ2v) is 7.66. The number of nitrogens with one attached hydrogen (secondary N) is 1. The van der Waals surface area contributed by atoms with Gasteiger partial charge in [0, 0.05) is 12.1 Å². The van der Waals surface area contributed by atoms with Crippen LogP contribution >= 0.6 is 0 Å². The van der Waals surface area contributed by atoms with Crippen LogP contribution in [0.3, 0.4) is 0 Å². The lowest BCUT2D eigenvalue weighted by molar-refractivity contribution is -0.0262. The summed E-state index contributed by atoms with van der Waals surface area (Å²) in [6.45, 7) is -0.520. The number of pyridine rings is 2. The van der Waals surface area contributed by atoms with E-state index in [1.807, 2.05) is 0 Å². The molecule has 3 aromatic rings. The van der Waals surface area contributed by atoms with Gasteiger partial charge in [-0.15, -0.1) is 0 Å². The summed E-state index contributed by atoms with van der Waals surface area (Å²) >= 11 is 0. The van der Waals surface area contributed by atoms with Crippen LogP contribution < -0.4 is 10.2 Å². The number of nitrogens with zero attached hydrogens (tertiary/aromatic N) is 3. The van der Waals surface area contributed by atoms with Crippen molar-refractivity contribution in [3.63, 3.8) is 0 Å². The zero-order chi connectivity index (χ0) is 21.8. The first-order chi connectivity index (χ1) is 14.8. The van der Waals surface area contributed by atoms with Crippen molar-refractivity contribution in [3.05, 3.63) is 76.7 Å². The van der Waals surface area contributed by atoms with E-state index in [2.05, 4.69) is 15.3 Å². The molecule has 0 saturated carbocycles. The average molecular weight is 428 g/mol. The van der Waals surface area contributed by atoms with E-state index >= 15 is 0 Å². The van der Waals surface area contributed by atoms with Gasteiger partial charge in [-0.05, 0) is 35.9 Å². The van der Waals surface area contributed by atoms with Gasteiger partial charge in [0.15, 0.2) is 0 Å². The molecule has 1 aromatic carbocycles. The fourth-order valence-electron chi connectivity index (χ4n) is 3.92. The number of carbonyl (C=O) groups excluding carboxylic acids is 1. The first-order valence-electron chi connectivity index (χ1n) is 9.64. The summed E-state index contributed by atoms with van der Waals surface area (Å²) in [7, 11) is 0. The number of aromatic nitrogens is 2. The molecule has 2 aliphatic rings. The van der Waals surface area contributed by atoms with E-state index in [9.17, 15) is 22.4 Å². The quantitative estimate of drug-likeness (QED) is 0.644. The lowest BCUT2D eigenvalue weighted by Gasteiger charge is -2.40. The topological polar surface area (TPSA) is 58.1 Å². The summed E-state index contributed by atoms with van der Waals surface area (Å²) in [4.78, 5) is 22.5. The molecule has 5 nitrogen and oxygen atoms in total. The Morgan fingerprint density at radius 3 is 2.45 bits per heavy atom. The second kappa shape index (κ2) is 7.04. The number of hydrogen-bond acceptors (Lipinski definition) is 4. The number of benzene rings is 1. The summed E-state index contributed by atoms with van der Waals surface area (Å²) in [6, 6.07) is 8.45. The van der Waals surface area contributed by atoms with Crippen molar-refractivity contribution < 1.29 is 22.4 Å². The van der Waals surface area contributed by atoms with Gasteiger partial charge in [-0.1, -0.05) is 6.07 Å². The predicted octanol–water partition coefficient (Wildman–Crippen LogP) is 3.71. The van der Waals surface area contributed by atoms with Crippen LogP contribution in [0.2, 0.25) is 0 Å². The monoisotopic (exact) mass is 428 g/mol. The van der Waals surface area contributed by atoms with Gasteiger partial charge >= 0.3 is 0 Å². The minimum absolute atomic E-state index is 0.0975. The Kier molecular flexibility index (Phi) is 4.42. The van der Waals surface area contributed by atoms with E-state index in [-0.39, 0.29) is 43.2 Å². The van der Waals surface area contributed by atoms with E-state index in [0.717, 1.165) is 12.1 Å². The maximum atomic E-state index is 14.3. The zero-order valence-electron chi connectivity index (χ0n) is 16.1. The van der Waals surface area contributed by atoms with E-state index in [1.165, 1.54) is 23.2 Å². The molecule has 9 heteroatoms. The van der Waals surface area contributed by atoms with E-state index < -0.39 is 17.6 Å². The summed E-state index contributed by atoms with van der Waals surface area (Å²) in [5.41, 5.74) is 2.33. The predicted molar refractivity (Wildman–Crippen MR) is 105 cm³/mol. The molecule has 0 unspecified atom stereocenters. The summed E-state index contributed by atoms with van der Waals surface area (Å²) in [5.74, 6) is -4.48. The summed E-state index contributed by atoms with van der Waals surface area (Å²) in [5, 5.41) is 2.68. The van der Waals surface area contributed by atoms with Gasteiger partial charge < -0.3 is 10.2 Å². The lowest BCUT2D eigenvalue weighted by Crippen LogP contribution is -2.56. The Hall–Kier alpha value is -3.49. The maximum absolute atomic E-state index is 14.3. The van der Waals surface area contributed by atoms with Gasteiger partial charge in [0.2, 0.25) is 0 Å². The highest BCUT2D eigenvalue weighted by molar-refractivity contribution is 5.99. The first kappa shape index (κ1) is 19.5. The molecule has 31 heavy (non-hydrogen) atoms. The molecule has 1 fully saturated rings. The van der Waals surface area contributed by atoms with Crippen LogP contribution in [0.15, 0.2) is 42.6 Å². The fourth-order valence-corrected chi connectivity index (χ4v) is 3.92. The minimum atomic E-state index is -2.68. The summed E-state index contributed by atoms with van der Waals surface area (Å²) < 4.78 is 54.8. The van der Waals surface area contributed by atoms with Crippen LogP contribution in [0.4, 0.5) is 23.2 Å². The number of halogens is 4. The largest absolute Gasteiger partial charge is 0.358 e. The highest BCUT2D eigenvalue weighted by Crippen LogP contribution is 2.32. The highest BCUT2D eigenvalue weighted by Gasteiger charge is 2.44. The smallest absolute Gasteiger partial charge is 0.282 e. The summed E-state index contributed by atoms with van der Waals surface area (Å²) in [6.07, 6.45) is 1.72. The zero-order valence-corrected chi connectivity index (χ0v) is 16.1. The third-order valence-corrected chi connectivity index (χ3v) is 5.43. The van der Waals surface area contributed by atoms with Gasteiger partial charge in [0.25, 0.3) is 11.8 Å². The van der Waals surface area contributed by atoms with Crippen LogP contribution in [0.25, 0.3) is 11.3 Å². The number of hydrogen-bond donors (Lipinski definition) is 1. The molecular weight excluding hydrogens is 412 g/mol. The molecule has 0 atom stereocenters. The van der Waals surface area contributed by atoms with Gasteiger partial charge in [-0.3, -0.25) is 9.78 Å². The number of alkyl halides is 2. The highest BCUT2D eigenvalue weighted by atomic mass is 19.3. The SMILES string of the molecule is O=C1NCc2nc(-c3c(F)cccc3F)cc(Cc3ccc(N4CC(F)(F)C4)cn3)c21. The van der Waals surface area contributed by atoms with Crippen molar-refractivity contribution in [2.24, 2.45) is 0 Å². The minimum Gasteiger partial charge on any atom is -0.358 e. The van der Waals surface area contributed by atoms with Crippen molar-refractivity contribution in [2.75, 3.05) is 18.0 Å². The van der Waals surface area contributed by atoms with Crippen LogP contribution in [-0.2, 0) is 13.0 Å². The number of amides is 1. The number of carbonyl (C=O) groups is 1. The first-order valence-corrected chi connectivity index (χ1v) is 9.64. The number of fused-ring (bicyclic) bond motifs is 1. The van der Waals surface area contributed by atoms with E-state index in [4.69, 9.17) is 0 Å². The van der Waals surface area contributed by atoms with Crippen LogP contribution in [0.1, 0.15) is 27.3 Å². The van der Waals surface area contributed by atoms with Gasteiger partial charge in [0.05, 0.1) is 54.0 Å². The molecule has 1 amide bonds. The third kappa shape index (κ3) is 3.49. The Labute approximate surface area is 174 Å². The number of anilines is 1. The van der Waals surface area contributed by atoms with Gasteiger partial charge in [-0.25, -0.2) is 22.5 Å². The molecule has 158 valence electrons. The molecule has 2 aromatic heterocycles. The maximum Gasteiger partial charge on any atom is 0.282 e. The van der Waals surface area contributed by atoms with Gasteiger partial charge in [0.1, 0.15) is 11.6 Å². The second-order valence-electron chi connectivity index (χ2n) is 7.66. The van der Waals surface area contributed by atoms with Crippen molar-refractivity contribution in [1.29, 1.82) is 0 Å². The molecule has 1 N–H and O–H groups in total. The van der Waals surface area contributed by atoms with Crippen LogP contribution in [-0.4, -0.2) is 34.9 Å².